The Bertz CT molecular complexity index is 1020. The second-order valence-corrected chi connectivity index (χ2v) is 7.76. The van der Waals surface area contributed by atoms with Crippen molar-refractivity contribution in [3.05, 3.63) is 74.4 Å². The van der Waals surface area contributed by atoms with E-state index in [0.717, 1.165) is 12.3 Å². The van der Waals surface area contributed by atoms with Crippen LogP contribution in [0, 0.1) is 0 Å². The smallest absolute Gasteiger partial charge is 0.422 e. The van der Waals surface area contributed by atoms with Crippen LogP contribution in [0.2, 0.25) is 10.0 Å². The van der Waals surface area contributed by atoms with Crippen molar-refractivity contribution < 1.29 is 37.3 Å². The van der Waals surface area contributed by atoms with Crippen LogP contribution in [0.3, 0.4) is 0 Å². The summed E-state index contributed by atoms with van der Waals surface area (Å²) in [6, 6.07) is 9.47. The number of hydrogen-bond acceptors (Lipinski definition) is 4. The van der Waals surface area contributed by atoms with Gasteiger partial charge in [0.1, 0.15) is 24.5 Å². The van der Waals surface area contributed by atoms with E-state index in [0.29, 0.717) is 11.1 Å². The van der Waals surface area contributed by atoms with Gasteiger partial charge < -0.3 is 19.3 Å². The summed E-state index contributed by atoms with van der Waals surface area (Å²) in [5.74, 6) is -0.920. The monoisotopic (exact) mass is 554 g/mol. The molecule has 0 saturated carbocycles. The molecule has 0 spiro atoms. The first-order valence-corrected chi connectivity index (χ1v) is 10.3. The Morgan fingerprint density at radius 1 is 1.16 bits per heavy atom. The van der Waals surface area contributed by atoms with E-state index in [9.17, 15) is 23.1 Å². The van der Waals surface area contributed by atoms with Crippen LogP contribution in [-0.2, 0) is 16.1 Å². The van der Waals surface area contributed by atoms with Gasteiger partial charge in [-0.25, -0.2) is 4.79 Å². The fourth-order valence-electron chi connectivity index (χ4n) is 2.49. The minimum absolute atomic E-state index is 0.00370. The Balaban J connectivity index is 2.16. The highest BCUT2D eigenvalue weighted by Gasteiger charge is 2.31. The zero-order valence-corrected chi connectivity index (χ0v) is 19.5. The van der Waals surface area contributed by atoms with Crippen molar-refractivity contribution in [1.82, 2.24) is 0 Å². The third-order valence-electron chi connectivity index (χ3n) is 3.90. The molecule has 0 aromatic heterocycles. The van der Waals surface area contributed by atoms with Crippen LogP contribution in [-0.4, -0.2) is 31.0 Å². The largest absolute Gasteiger partial charge is 0.503 e. The summed E-state index contributed by atoms with van der Waals surface area (Å²) in [4.78, 5) is 11.5. The molecule has 0 atom stereocenters. The van der Waals surface area contributed by atoms with Crippen LogP contribution in [0.25, 0.3) is 5.57 Å². The second kappa shape index (κ2) is 11.5. The van der Waals surface area contributed by atoms with Crippen molar-refractivity contribution in [1.29, 1.82) is 0 Å². The van der Waals surface area contributed by atoms with E-state index >= 15 is 0 Å². The summed E-state index contributed by atoms with van der Waals surface area (Å²) in [6.45, 7) is -0.435. The van der Waals surface area contributed by atoms with Crippen molar-refractivity contribution in [2.45, 2.75) is 12.8 Å². The van der Waals surface area contributed by atoms with Crippen molar-refractivity contribution >= 4 is 50.7 Å². The molecule has 5 nitrogen and oxygen atoms in total. The topological polar surface area (TPSA) is 65.0 Å². The lowest BCUT2D eigenvalue weighted by molar-refractivity contribution is -0.130. The minimum atomic E-state index is -4.52. The third kappa shape index (κ3) is 7.08. The van der Waals surface area contributed by atoms with Gasteiger partial charge in [-0.2, -0.15) is 13.2 Å². The van der Waals surface area contributed by atoms with Gasteiger partial charge in [0.05, 0.1) is 27.9 Å². The first kappa shape index (κ1) is 25.9. The van der Waals surface area contributed by atoms with Gasteiger partial charge >= 0.3 is 12.1 Å². The van der Waals surface area contributed by atoms with E-state index in [1.165, 1.54) is 19.2 Å². The number of carbonyl (C=O) groups is 1. The summed E-state index contributed by atoms with van der Waals surface area (Å²) < 4.78 is 52.3. The number of hydrogen-bond donors (Lipinski definition) is 1. The molecule has 0 heterocycles. The molecule has 172 valence electrons. The lowest BCUT2D eigenvalue weighted by atomic mass is 10.0. The number of benzene rings is 2. The zero-order chi connectivity index (χ0) is 23.9. The first-order chi connectivity index (χ1) is 15.0. The van der Waals surface area contributed by atoms with Crippen molar-refractivity contribution in [2.75, 3.05) is 13.7 Å². The lowest BCUT2D eigenvalue weighted by Gasteiger charge is -2.14. The SMILES string of the molecule is CO/C=C(/C(=O)O)c1ccccc1COc1cc(Cl)c(OCC=C(Br)C(F)(F)F)c(Cl)c1. The third-order valence-corrected chi connectivity index (χ3v) is 5.24. The van der Waals surface area contributed by atoms with Crippen LogP contribution in [0.4, 0.5) is 13.2 Å². The summed E-state index contributed by atoms with van der Waals surface area (Å²) in [5, 5.41) is 9.47. The Kier molecular flexibility index (Phi) is 9.30. The average Bonchev–Trinajstić information content (AvgIpc) is 2.71. The lowest BCUT2D eigenvalue weighted by Crippen LogP contribution is -2.08. The van der Waals surface area contributed by atoms with E-state index in [2.05, 4.69) is 15.9 Å². The number of ether oxygens (including phenoxy) is 3. The highest BCUT2D eigenvalue weighted by atomic mass is 79.9. The number of aliphatic carboxylic acids is 1. The van der Waals surface area contributed by atoms with E-state index in [-0.39, 0.29) is 33.7 Å². The van der Waals surface area contributed by atoms with Gasteiger partial charge in [-0.15, -0.1) is 0 Å². The second-order valence-electron chi connectivity index (χ2n) is 6.10. The Hall–Kier alpha value is -2.36. The standard InChI is InChI=1S/C21H16BrCl2F3O5/c1-30-11-15(20(28)29)14-5-3-2-4-12(14)10-32-13-8-16(23)19(17(24)9-13)31-7-6-18(22)21(25,26)27/h2-6,8-9,11H,7,10H2,1H3,(H,28,29)/b15-11+,18-6?. The van der Waals surface area contributed by atoms with E-state index < -0.39 is 23.2 Å². The van der Waals surface area contributed by atoms with E-state index in [1.807, 2.05) is 0 Å². The van der Waals surface area contributed by atoms with Crippen LogP contribution in [0.1, 0.15) is 11.1 Å². The molecule has 32 heavy (non-hydrogen) atoms. The maximum Gasteiger partial charge on any atom is 0.422 e. The van der Waals surface area contributed by atoms with E-state index in [1.54, 1.807) is 24.3 Å². The molecule has 0 unspecified atom stereocenters. The highest BCUT2D eigenvalue weighted by molar-refractivity contribution is 9.11. The molecule has 0 amide bonds. The molecule has 2 aromatic rings. The number of methoxy groups -OCH3 is 1. The maximum atomic E-state index is 12.5. The molecular weight excluding hydrogens is 540 g/mol. The molecule has 2 rings (SSSR count). The van der Waals surface area contributed by atoms with Crippen molar-refractivity contribution in [3.63, 3.8) is 0 Å². The molecule has 1 N–H and O–H groups in total. The number of alkyl halides is 3. The van der Waals surface area contributed by atoms with Gasteiger partial charge in [-0.3, -0.25) is 0 Å². The molecular formula is C21H16BrCl2F3O5. The van der Waals surface area contributed by atoms with E-state index in [4.69, 9.17) is 37.4 Å². The van der Waals surface area contributed by atoms with Crippen molar-refractivity contribution in [2.24, 2.45) is 0 Å². The van der Waals surface area contributed by atoms with Crippen LogP contribution < -0.4 is 9.47 Å². The molecule has 0 radical (unpaired) electrons. The number of allylic oxidation sites excluding steroid dienone is 1. The molecule has 0 bridgehead atoms. The van der Waals surface area contributed by atoms with Crippen molar-refractivity contribution in [3.8, 4) is 11.5 Å². The average molecular weight is 556 g/mol. The quantitative estimate of drug-likeness (QED) is 0.270. The molecule has 0 aliphatic carbocycles. The summed E-state index contributed by atoms with van der Waals surface area (Å²) in [7, 11) is 1.34. The number of carboxylic acids is 1. The van der Waals surface area contributed by atoms with Crippen LogP contribution >= 0.6 is 39.1 Å². The van der Waals surface area contributed by atoms with Gasteiger partial charge in [0.25, 0.3) is 0 Å². The van der Waals surface area contributed by atoms with Gasteiger partial charge in [-0.1, -0.05) is 47.5 Å². The van der Waals surface area contributed by atoms with Gasteiger partial charge in [-0.05, 0) is 33.1 Å². The zero-order valence-electron chi connectivity index (χ0n) is 16.4. The summed E-state index contributed by atoms with van der Waals surface area (Å²) >= 11 is 14.7. The predicted octanol–water partition coefficient (Wildman–Crippen LogP) is 6.86. The molecule has 0 aliphatic rings. The Labute approximate surface area is 200 Å². The van der Waals surface area contributed by atoms with Crippen LogP contribution in [0.15, 0.2) is 53.2 Å². The number of rotatable bonds is 9. The van der Waals surface area contributed by atoms with Gasteiger partial charge in [0.15, 0.2) is 5.75 Å². The molecule has 0 saturated heterocycles. The molecule has 0 fully saturated rings. The minimum Gasteiger partial charge on any atom is -0.503 e. The Morgan fingerprint density at radius 2 is 1.78 bits per heavy atom. The summed E-state index contributed by atoms with van der Waals surface area (Å²) in [6.07, 6.45) is -2.61. The fourth-order valence-corrected chi connectivity index (χ4v) is 3.20. The normalized spacial score (nSPS) is 12.5. The summed E-state index contributed by atoms with van der Waals surface area (Å²) in [5.41, 5.74) is 0.915. The molecule has 2 aromatic carbocycles. The first-order valence-electron chi connectivity index (χ1n) is 8.76. The predicted molar refractivity (Wildman–Crippen MR) is 118 cm³/mol. The van der Waals surface area contributed by atoms with Gasteiger partial charge in [0, 0.05) is 12.1 Å². The highest BCUT2D eigenvalue weighted by Crippen LogP contribution is 2.38. The molecule has 11 heteroatoms. The molecule has 0 aliphatic heterocycles. The number of carboxylic acid groups (broad SMARTS) is 1. The van der Waals surface area contributed by atoms with Crippen LogP contribution in [0.5, 0.6) is 11.5 Å². The number of halogens is 6. The fraction of sp³-hybridized carbons (Fsp3) is 0.190. The van der Waals surface area contributed by atoms with Gasteiger partial charge in [0.2, 0.25) is 0 Å². The Morgan fingerprint density at radius 3 is 2.34 bits per heavy atom. The maximum absolute atomic E-state index is 12.5.